The van der Waals surface area contributed by atoms with Crippen molar-refractivity contribution in [1.29, 1.82) is 10.5 Å². The van der Waals surface area contributed by atoms with Gasteiger partial charge in [0, 0.05) is 12.8 Å². The summed E-state index contributed by atoms with van der Waals surface area (Å²) in [6.07, 6.45) is 0.576. The predicted octanol–water partition coefficient (Wildman–Crippen LogP) is 2.13. The van der Waals surface area contributed by atoms with Crippen molar-refractivity contribution in [2.24, 2.45) is 5.41 Å². The Kier molecular flexibility index (Phi) is 2.57. The maximum Gasteiger partial charge on any atom is 0.308 e. The highest BCUT2D eigenvalue weighted by Crippen LogP contribution is 2.58. The lowest BCUT2D eigenvalue weighted by atomic mass is 10.0. The molecule has 0 bridgehead atoms. The third-order valence-electron chi connectivity index (χ3n) is 2.90. The van der Waals surface area contributed by atoms with Gasteiger partial charge < -0.3 is 4.74 Å². The highest BCUT2D eigenvalue weighted by Gasteiger charge is 2.56. The average Bonchev–Trinajstić information content (AvgIpc) is 3.05. The van der Waals surface area contributed by atoms with Gasteiger partial charge in [0.2, 0.25) is 0 Å². The topological polar surface area (TPSA) is 73.9 Å². The molecule has 0 amide bonds. The van der Waals surface area contributed by atoms with Gasteiger partial charge in [-0.1, -0.05) is 12.1 Å². The standard InChI is InChI=1S/C13H10N2O2/c1-9(16)17-11-4-2-10(3-5-11)12-6-13(12,7-14)8-15/h2-5,12H,6H2,1H3. The number of rotatable bonds is 2. The van der Waals surface area contributed by atoms with Gasteiger partial charge >= 0.3 is 5.97 Å². The molecule has 0 aliphatic heterocycles. The summed E-state index contributed by atoms with van der Waals surface area (Å²) >= 11 is 0. The summed E-state index contributed by atoms with van der Waals surface area (Å²) in [7, 11) is 0. The Morgan fingerprint density at radius 3 is 2.35 bits per heavy atom. The quantitative estimate of drug-likeness (QED) is 0.572. The average molecular weight is 226 g/mol. The molecule has 1 aromatic carbocycles. The first-order valence-electron chi connectivity index (χ1n) is 5.22. The Bertz CT molecular complexity index is 520. The van der Waals surface area contributed by atoms with Gasteiger partial charge in [-0.15, -0.1) is 0 Å². The molecule has 0 aromatic heterocycles. The fourth-order valence-corrected chi connectivity index (χ4v) is 1.87. The lowest BCUT2D eigenvalue weighted by molar-refractivity contribution is -0.131. The monoisotopic (exact) mass is 226 g/mol. The van der Waals surface area contributed by atoms with Crippen molar-refractivity contribution in [3.05, 3.63) is 29.8 Å². The second-order valence-electron chi connectivity index (χ2n) is 4.11. The van der Waals surface area contributed by atoms with Crippen molar-refractivity contribution in [1.82, 2.24) is 0 Å². The number of esters is 1. The number of carbonyl (C=O) groups is 1. The maximum atomic E-state index is 10.7. The van der Waals surface area contributed by atoms with E-state index in [0.717, 1.165) is 5.56 Å². The van der Waals surface area contributed by atoms with E-state index in [1.165, 1.54) is 6.92 Å². The minimum Gasteiger partial charge on any atom is -0.427 e. The molecule has 1 aliphatic rings. The van der Waals surface area contributed by atoms with E-state index in [-0.39, 0.29) is 11.9 Å². The van der Waals surface area contributed by atoms with Crippen LogP contribution in [0, 0.1) is 28.1 Å². The molecule has 4 heteroatoms. The van der Waals surface area contributed by atoms with Gasteiger partial charge in [-0.05, 0) is 24.1 Å². The SMILES string of the molecule is CC(=O)Oc1ccc(C2CC2(C#N)C#N)cc1. The van der Waals surface area contributed by atoms with E-state index in [1.807, 2.05) is 0 Å². The highest BCUT2D eigenvalue weighted by molar-refractivity contribution is 5.69. The smallest absolute Gasteiger partial charge is 0.308 e. The number of ether oxygens (including phenoxy) is 1. The van der Waals surface area contributed by atoms with Gasteiger partial charge in [-0.25, -0.2) is 0 Å². The largest absolute Gasteiger partial charge is 0.427 e. The lowest BCUT2D eigenvalue weighted by Crippen LogP contribution is -2.01. The zero-order chi connectivity index (χ0) is 12.5. The number of benzene rings is 1. The molecule has 0 saturated heterocycles. The first kappa shape index (κ1) is 11.2. The van der Waals surface area contributed by atoms with E-state index in [1.54, 1.807) is 24.3 Å². The molecule has 1 aliphatic carbocycles. The molecular weight excluding hydrogens is 216 g/mol. The number of nitrogens with zero attached hydrogens (tertiary/aromatic N) is 2. The van der Waals surface area contributed by atoms with Crippen LogP contribution >= 0.6 is 0 Å². The fraction of sp³-hybridized carbons (Fsp3) is 0.308. The first-order valence-corrected chi connectivity index (χ1v) is 5.22. The van der Waals surface area contributed by atoms with E-state index >= 15 is 0 Å². The zero-order valence-electron chi connectivity index (χ0n) is 9.30. The number of carbonyl (C=O) groups excluding carboxylic acids is 1. The maximum absolute atomic E-state index is 10.7. The van der Waals surface area contributed by atoms with Crippen LogP contribution in [0.4, 0.5) is 0 Å². The van der Waals surface area contributed by atoms with E-state index in [4.69, 9.17) is 15.3 Å². The highest BCUT2D eigenvalue weighted by atomic mass is 16.5. The van der Waals surface area contributed by atoms with Crippen molar-refractivity contribution in [3.63, 3.8) is 0 Å². The van der Waals surface area contributed by atoms with Crippen LogP contribution in [-0.4, -0.2) is 5.97 Å². The number of hydrogen-bond acceptors (Lipinski definition) is 4. The van der Waals surface area contributed by atoms with Crippen molar-refractivity contribution in [2.45, 2.75) is 19.3 Å². The van der Waals surface area contributed by atoms with Crippen molar-refractivity contribution in [3.8, 4) is 17.9 Å². The summed E-state index contributed by atoms with van der Waals surface area (Å²) in [5.74, 6) is 0.0814. The van der Waals surface area contributed by atoms with E-state index in [0.29, 0.717) is 12.2 Å². The lowest BCUT2D eigenvalue weighted by Gasteiger charge is -2.03. The van der Waals surface area contributed by atoms with Crippen LogP contribution in [0.3, 0.4) is 0 Å². The zero-order valence-corrected chi connectivity index (χ0v) is 9.30. The van der Waals surface area contributed by atoms with Gasteiger partial charge in [0.1, 0.15) is 5.75 Å². The van der Waals surface area contributed by atoms with Gasteiger partial charge in [0.05, 0.1) is 12.1 Å². The summed E-state index contributed by atoms with van der Waals surface area (Å²) < 4.78 is 4.91. The second-order valence-corrected chi connectivity index (χ2v) is 4.11. The molecule has 0 N–H and O–H groups in total. The molecular formula is C13H10N2O2. The predicted molar refractivity (Wildman–Crippen MR) is 58.8 cm³/mol. The minimum absolute atomic E-state index is 0.0242. The minimum atomic E-state index is -0.858. The fourth-order valence-electron chi connectivity index (χ4n) is 1.87. The molecule has 1 fully saturated rings. The summed E-state index contributed by atoms with van der Waals surface area (Å²) in [4.78, 5) is 10.7. The Balaban J connectivity index is 2.14. The molecule has 2 rings (SSSR count). The Labute approximate surface area is 99.0 Å². The molecule has 17 heavy (non-hydrogen) atoms. The molecule has 4 nitrogen and oxygen atoms in total. The van der Waals surface area contributed by atoms with Gasteiger partial charge in [0.15, 0.2) is 5.41 Å². The van der Waals surface area contributed by atoms with Crippen molar-refractivity contribution in [2.75, 3.05) is 0 Å². The number of hydrogen-bond donors (Lipinski definition) is 0. The van der Waals surface area contributed by atoms with Crippen LogP contribution in [0.15, 0.2) is 24.3 Å². The number of nitriles is 2. The third kappa shape index (κ3) is 1.98. The Morgan fingerprint density at radius 2 is 1.94 bits per heavy atom. The summed E-state index contributed by atoms with van der Waals surface area (Å²) in [5, 5.41) is 17.8. The van der Waals surface area contributed by atoms with Crippen molar-refractivity contribution < 1.29 is 9.53 Å². The molecule has 1 aromatic rings. The Hall–Kier alpha value is -2.33. The van der Waals surface area contributed by atoms with Gasteiger partial charge in [-0.2, -0.15) is 10.5 Å². The van der Waals surface area contributed by atoms with Crippen LogP contribution in [0.1, 0.15) is 24.8 Å². The molecule has 0 heterocycles. The summed E-state index contributed by atoms with van der Waals surface area (Å²) in [6.45, 7) is 1.34. The molecule has 0 radical (unpaired) electrons. The molecule has 1 saturated carbocycles. The molecule has 84 valence electrons. The van der Waals surface area contributed by atoms with Crippen LogP contribution in [0.2, 0.25) is 0 Å². The van der Waals surface area contributed by atoms with E-state index in [9.17, 15) is 4.79 Å². The van der Waals surface area contributed by atoms with Crippen LogP contribution in [-0.2, 0) is 4.79 Å². The Morgan fingerprint density at radius 1 is 1.35 bits per heavy atom. The normalized spacial score (nSPS) is 19.8. The second kappa shape index (κ2) is 3.92. The van der Waals surface area contributed by atoms with Gasteiger partial charge in [-0.3, -0.25) is 4.79 Å². The molecule has 1 atom stereocenters. The van der Waals surface area contributed by atoms with E-state index in [2.05, 4.69) is 12.1 Å². The van der Waals surface area contributed by atoms with Crippen molar-refractivity contribution >= 4 is 5.97 Å². The third-order valence-corrected chi connectivity index (χ3v) is 2.90. The molecule has 0 spiro atoms. The summed E-state index contributed by atoms with van der Waals surface area (Å²) in [5.41, 5.74) is 0.0761. The van der Waals surface area contributed by atoms with E-state index < -0.39 is 5.41 Å². The first-order chi connectivity index (χ1) is 8.11. The van der Waals surface area contributed by atoms with Crippen LogP contribution in [0.5, 0.6) is 5.75 Å². The summed E-state index contributed by atoms with van der Waals surface area (Å²) in [6, 6.07) is 11.0. The van der Waals surface area contributed by atoms with Crippen LogP contribution in [0.25, 0.3) is 0 Å². The van der Waals surface area contributed by atoms with Crippen LogP contribution < -0.4 is 4.74 Å². The van der Waals surface area contributed by atoms with Gasteiger partial charge in [0.25, 0.3) is 0 Å². The molecule has 1 unspecified atom stereocenters.